The van der Waals surface area contributed by atoms with Crippen molar-refractivity contribution >= 4 is 44.8 Å². The van der Waals surface area contributed by atoms with Crippen LogP contribution in [-0.2, 0) is 14.6 Å². The van der Waals surface area contributed by atoms with E-state index in [2.05, 4.69) is 6.92 Å². The van der Waals surface area contributed by atoms with Gasteiger partial charge in [-0.2, -0.15) is 11.8 Å². The van der Waals surface area contributed by atoms with E-state index in [4.69, 9.17) is 11.6 Å². The third-order valence-electron chi connectivity index (χ3n) is 5.62. The number of ketones is 2. The molecule has 29 heavy (non-hydrogen) atoms. The molecule has 2 aliphatic carbocycles. The Hall–Kier alpha value is -1.51. The lowest BCUT2D eigenvalue weighted by Gasteiger charge is -2.29. The van der Waals surface area contributed by atoms with Crippen LogP contribution in [0.5, 0.6) is 5.75 Å². The van der Waals surface area contributed by atoms with Crippen LogP contribution in [0.2, 0.25) is 5.02 Å². The second-order valence-corrected chi connectivity index (χ2v) is 11.7. The fourth-order valence-electron chi connectivity index (χ4n) is 3.87. The molecule has 0 bridgehead atoms. The zero-order chi connectivity index (χ0) is 21.6. The second kappa shape index (κ2) is 7.96. The van der Waals surface area contributed by atoms with Gasteiger partial charge in [-0.05, 0) is 36.6 Å². The minimum atomic E-state index is -3.74. The molecular weight excluding hydrogens is 436 g/mol. The average Bonchev–Trinajstić information content (AvgIpc) is 3.44. The first-order valence-corrected chi connectivity index (χ1v) is 12.5. The monoisotopic (exact) mass is 458 g/mol. The van der Waals surface area contributed by atoms with Gasteiger partial charge in [-0.1, -0.05) is 25.4 Å². The third-order valence-corrected chi connectivity index (χ3v) is 9.37. The second-order valence-electron chi connectivity index (χ2n) is 7.35. The van der Waals surface area contributed by atoms with Crippen LogP contribution in [0.4, 0.5) is 0 Å². The number of hydrogen-bond donors (Lipinski definition) is 2. The summed E-state index contributed by atoms with van der Waals surface area (Å²) in [7, 11) is -3.74. The number of benzene rings is 1. The molecule has 2 N–H and O–H groups in total. The van der Waals surface area contributed by atoms with Crippen LogP contribution in [0.1, 0.15) is 49.9 Å². The maximum Gasteiger partial charge on any atom is 0.201 e. The number of aliphatic hydroxyl groups is 1. The van der Waals surface area contributed by atoms with E-state index in [-0.39, 0.29) is 51.1 Å². The minimum Gasteiger partial charge on any atom is -0.511 e. The number of halogens is 1. The Kier molecular flexibility index (Phi) is 6.09. The smallest absolute Gasteiger partial charge is 0.201 e. The van der Waals surface area contributed by atoms with Gasteiger partial charge in [-0.25, -0.2) is 8.42 Å². The molecule has 1 fully saturated rings. The highest BCUT2D eigenvalue weighted by molar-refractivity contribution is 8.00. The third kappa shape index (κ3) is 3.94. The van der Waals surface area contributed by atoms with Crippen LogP contribution in [0, 0.1) is 5.92 Å². The lowest BCUT2D eigenvalue weighted by atomic mass is 9.81. The standard InChI is InChI=1S/C20H23ClO6S2/c1-3-28-20(7-8-20)11-9-13(22)16(14(23)10-11)18(24)12-5-6-15(19(25)17(12)21)29(26,27)4-2/h5-6,11,22,25H,3-4,7-10H2,1-2H3. The molecule has 0 aliphatic heterocycles. The summed E-state index contributed by atoms with van der Waals surface area (Å²) >= 11 is 7.86. The van der Waals surface area contributed by atoms with Gasteiger partial charge in [0.25, 0.3) is 0 Å². The number of aromatic hydroxyl groups is 1. The van der Waals surface area contributed by atoms with Crippen LogP contribution in [0.15, 0.2) is 28.4 Å². The quantitative estimate of drug-likeness (QED) is 0.467. The molecule has 1 unspecified atom stereocenters. The van der Waals surface area contributed by atoms with E-state index in [0.717, 1.165) is 24.7 Å². The topological polar surface area (TPSA) is 109 Å². The summed E-state index contributed by atoms with van der Waals surface area (Å²) < 4.78 is 24.1. The fourth-order valence-corrected chi connectivity index (χ4v) is 6.53. The van der Waals surface area contributed by atoms with E-state index in [9.17, 15) is 28.2 Å². The Labute approximate surface area is 179 Å². The van der Waals surface area contributed by atoms with Crippen LogP contribution in [0.3, 0.4) is 0 Å². The number of aliphatic hydroxyl groups excluding tert-OH is 1. The first-order chi connectivity index (χ1) is 13.6. The fraction of sp³-hybridized carbons (Fsp3) is 0.500. The molecule has 6 nitrogen and oxygen atoms in total. The van der Waals surface area contributed by atoms with Gasteiger partial charge in [0.15, 0.2) is 21.4 Å². The summed E-state index contributed by atoms with van der Waals surface area (Å²) in [5.74, 6) is -1.59. The lowest BCUT2D eigenvalue weighted by Crippen LogP contribution is -2.31. The van der Waals surface area contributed by atoms with Crippen LogP contribution >= 0.6 is 23.4 Å². The number of rotatable bonds is 7. The molecule has 0 heterocycles. The van der Waals surface area contributed by atoms with Gasteiger partial charge in [0, 0.05) is 23.2 Å². The average molecular weight is 459 g/mol. The summed E-state index contributed by atoms with van der Waals surface area (Å²) in [5, 5.41) is 20.3. The van der Waals surface area contributed by atoms with Crippen molar-refractivity contribution in [2.24, 2.45) is 5.92 Å². The largest absolute Gasteiger partial charge is 0.511 e. The molecule has 1 saturated carbocycles. The maximum absolute atomic E-state index is 12.9. The van der Waals surface area contributed by atoms with E-state index in [1.165, 1.54) is 13.0 Å². The number of Topliss-reactive ketones (excluding diaryl/α,β-unsaturated/α-hetero) is 2. The predicted molar refractivity (Wildman–Crippen MR) is 113 cm³/mol. The molecule has 1 aromatic rings. The number of phenolic OH excluding ortho intramolecular Hbond substituents is 1. The summed E-state index contributed by atoms with van der Waals surface area (Å²) in [5.41, 5.74) is -0.539. The van der Waals surface area contributed by atoms with E-state index in [1.807, 2.05) is 0 Å². The molecule has 1 atom stereocenters. The number of sulfone groups is 1. The predicted octanol–water partition coefficient (Wildman–Crippen LogP) is 4.10. The highest BCUT2D eigenvalue weighted by Gasteiger charge is 2.52. The first kappa shape index (κ1) is 22.2. The van der Waals surface area contributed by atoms with Gasteiger partial charge in [-0.3, -0.25) is 9.59 Å². The minimum absolute atomic E-state index is 0.000951. The van der Waals surface area contributed by atoms with Gasteiger partial charge in [-0.15, -0.1) is 0 Å². The highest BCUT2D eigenvalue weighted by atomic mass is 35.5. The summed E-state index contributed by atoms with van der Waals surface area (Å²) in [4.78, 5) is 25.3. The molecular formula is C20H23ClO6S2. The first-order valence-electron chi connectivity index (χ1n) is 9.46. The van der Waals surface area contributed by atoms with Crippen molar-refractivity contribution in [3.8, 4) is 5.75 Å². The molecule has 158 valence electrons. The molecule has 9 heteroatoms. The number of hydrogen-bond acceptors (Lipinski definition) is 7. The van der Waals surface area contributed by atoms with E-state index in [1.54, 1.807) is 11.8 Å². The van der Waals surface area contributed by atoms with Crippen LogP contribution in [-0.4, -0.2) is 46.5 Å². The molecule has 0 saturated heterocycles. The maximum atomic E-state index is 12.9. The summed E-state index contributed by atoms with van der Waals surface area (Å²) in [6.07, 6.45) is 2.40. The Morgan fingerprint density at radius 3 is 2.41 bits per heavy atom. The van der Waals surface area contributed by atoms with Crippen LogP contribution < -0.4 is 0 Å². The Morgan fingerprint density at radius 2 is 1.90 bits per heavy atom. The Bertz CT molecular complexity index is 1010. The number of carbonyl (C=O) groups is 2. The molecule has 1 aromatic carbocycles. The molecule has 0 amide bonds. The van der Waals surface area contributed by atoms with Crippen molar-refractivity contribution in [3.63, 3.8) is 0 Å². The molecule has 0 radical (unpaired) electrons. The molecule has 0 spiro atoms. The molecule has 0 aromatic heterocycles. The van der Waals surface area contributed by atoms with Crippen molar-refractivity contribution in [1.29, 1.82) is 0 Å². The Morgan fingerprint density at radius 1 is 1.24 bits per heavy atom. The van der Waals surface area contributed by atoms with Gasteiger partial charge in [0.1, 0.15) is 16.2 Å². The van der Waals surface area contributed by atoms with Gasteiger partial charge < -0.3 is 10.2 Å². The zero-order valence-electron chi connectivity index (χ0n) is 16.2. The lowest BCUT2D eigenvalue weighted by molar-refractivity contribution is -0.117. The molecule has 3 rings (SSSR count). The van der Waals surface area contributed by atoms with Crippen molar-refractivity contribution < 1.29 is 28.2 Å². The number of phenols is 1. The van der Waals surface area contributed by atoms with Gasteiger partial charge in [0.05, 0.1) is 10.8 Å². The van der Waals surface area contributed by atoms with Crippen molar-refractivity contribution in [1.82, 2.24) is 0 Å². The van der Waals surface area contributed by atoms with Crippen molar-refractivity contribution in [2.45, 2.75) is 49.2 Å². The molecule has 2 aliphatic rings. The van der Waals surface area contributed by atoms with Crippen LogP contribution in [0.25, 0.3) is 0 Å². The normalized spacial score (nSPS) is 21.3. The van der Waals surface area contributed by atoms with E-state index < -0.39 is 32.2 Å². The van der Waals surface area contributed by atoms with E-state index in [0.29, 0.717) is 0 Å². The van der Waals surface area contributed by atoms with E-state index >= 15 is 0 Å². The summed E-state index contributed by atoms with van der Waals surface area (Å²) in [6, 6.07) is 2.26. The van der Waals surface area contributed by atoms with Gasteiger partial charge >= 0.3 is 0 Å². The highest BCUT2D eigenvalue weighted by Crippen LogP contribution is 2.57. The number of carbonyl (C=O) groups excluding carboxylic acids is 2. The van der Waals surface area contributed by atoms with Crippen molar-refractivity contribution in [3.05, 3.63) is 34.1 Å². The number of allylic oxidation sites excluding steroid dienone is 2. The SMILES string of the molecule is CCSC1(C2CC(=O)C(C(=O)c3ccc(S(=O)(=O)CC)c(O)c3Cl)=C(O)C2)CC1. The number of thioether (sulfide) groups is 1. The van der Waals surface area contributed by atoms with Gasteiger partial charge in [0.2, 0.25) is 5.78 Å². The zero-order valence-corrected chi connectivity index (χ0v) is 18.6. The Balaban J connectivity index is 1.95. The van der Waals surface area contributed by atoms with Crippen molar-refractivity contribution in [2.75, 3.05) is 11.5 Å². The summed E-state index contributed by atoms with van der Waals surface area (Å²) in [6.45, 7) is 3.47.